The fraction of sp³-hybridized carbons (Fsp3) is 1.00. The van der Waals surface area contributed by atoms with Gasteiger partial charge in [-0.15, -0.1) is 0 Å². The van der Waals surface area contributed by atoms with Gasteiger partial charge in [-0.1, -0.05) is 13.8 Å². The quantitative estimate of drug-likeness (QED) is 0.681. The highest BCUT2D eigenvalue weighted by Gasteiger charge is 2.20. The van der Waals surface area contributed by atoms with Gasteiger partial charge < -0.3 is 9.42 Å². The molecular formula is C5H13O3PS. The largest absolute Gasteiger partial charge is 0.386 e. The topological polar surface area (TPSA) is 46.5 Å². The van der Waals surface area contributed by atoms with Crippen LogP contribution in [0.2, 0.25) is 0 Å². The fourth-order valence-corrected chi connectivity index (χ4v) is 3.48. The first-order valence-electron chi connectivity index (χ1n) is 3.13. The van der Waals surface area contributed by atoms with Crippen molar-refractivity contribution in [2.24, 2.45) is 0 Å². The third kappa shape index (κ3) is 5.30. The molecule has 0 aliphatic carbocycles. The molecule has 0 aromatic carbocycles. The van der Waals surface area contributed by atoms with Gasteiger partial charge in [0.25, 0.3) is 0 Å². The van der Waals surface area contributed by atoms with Crippen LogP contribution in [0.5, 0.6) is 0 Å². The van der Waals surface area contributed by atoms with Crippen LogP contribution in [0.4, 0.5) is 0 Å². The van der Waals surface area contributed by atoms with Gasteiger partial charge in [0.1, 0.15) is 0 Å². The van der Waals surface area contributed by atoms with Crippen LogP contribution in [-0.2, 0) is 9.09 Å². The predicted octanol–water partition coefficient (Wildman–Crippen LogP) is 2.26. The normalized spacial score (nSPS) is 17.3. The van der Waals surface area contributed by atoms with E-state index >= 15 is 0 Å². The molecule has 5 heteroatoms. The van der Waals surface area contributed by atoms with Gasteiger partial charge in [0, 0.05) is 5.25 Å². The van der Waals surface area contributed by atoms with Crippen molar-refractivity contribution >= 4 is 18.2 Å². The Bertz CT molecular complexity index is 137. The molecule has 10 heavy (non-hydrogen) atoms. The Morgan fingerprint density at radius 1 is 1.70 bits per heavy atom. The van der Waals surface area contributed by atoms with E-state index in [1.807, 2.05) is 13.8 Å². The zero-order valence-corrected chi connectivity index (χ0v) is 8.11. The Morgan fingerprint density at radius 2 is 2.20 bits per heavy atom. The van der Waals surface area contributed by atoms with Gasteiger partial charge >= 0.3 is 6.80 Å². The van der Waals surface area contributed by atoms with E-state index in [1.165, 1.54) is 0 Å². The molecule has 0 aliphatic heterocycles. The van der Waals surface area contributed by atoms with Crippen LogP contribution in [0.15, 0.2) is 0 Å². The van der Waals surface area contributed by atoms with E-state index in [0.717, 1.165) is 11.4 Å². The van der Waals surface area contributed by atoms with Crippen LogP contribution >= 0.6 is 18.2 Å². The summed E-state index contributed by atoms with van der Waals surface area (Å²) in [5.74, 6) is 0. The van der Waals surface area contributed by atoms with Gasteiger partial charge in [-0.3, -0.25) is 0 Å². The summed E-state index contributed by atoms with van der Waals surface area (Å²) in [5.41, 5.74) is 0. The van der Waals surface area contributed by atoms with Crippen molar-refractivity contribution in [3.05, 3.63) is 0 Å². The maximum absolute atomic E-state index is 10.9. The summed E-state index contributed by atoms with van der Waals surface area (Å²) >= 11 is 0.970. The number of hydrogen-bond donors (Lipinski definition) is 1. The number of hydrogen-bond acceptors (Lipinski definition) is 3. The minimum atomic E-state index is -3.33. The van der Waals surface area contributed by atoms with E-state index < -0.39 is 6.80 Å². The minimum Gasteiger partial charge on any atom is -0.316 e. The van der Waals surface area contributed by atoms with Crippen LogP contribution in [-0.4, -0.2) is 16.8 Å². The Hall–Kier alpha value is 0.500. The van der Waals surface area contributed by atoms with Crippen molar-refractivity contribution in [2.45, 2.75) is 26.0 Å². The highest BCUT2D eigenvalue weighted by Crippen LogP contribution is 2.57. The molecule has 0 amide bonds. The van der Waals surface area contributed by atoms with E-state index in [0.29, 0.717) is 0 Å². The van der Waals surface area contributed by atoms with E-state index in [-0.39, 0.29) is 11.9 Å². The average molecular weight is 184 g/mol. The molecule has 62 valence electrons. The van der Waals surface area contributed by atoms with Crippen molar-refractivity contribution in [3.63, 3.8) is 0 Å². The summed E-state index contributed by atoms with van der Waals surface area (Å²) in [4.78, 5) is 8.98. The van der Waals surface area contributed by atoms with E-state index in [2.05, 4.69) is 4.52 Å². The molecule has 0 saturated heterocycles. The lowest BCUT2D eigenvalue weighted by Crippen LogP contribution is -1.90. The smallest absolute Gasteiger partial charge is 0.316 e. The average Bonchev–Trinajstić information content (AvgIpc) is 1.59. The second kappa shape index (κ2) is 4.39. The number of rotatable bonds is 4. The predicted molar refractivity (Wildman–Crippen MR) is 44.2 cm³/mol. The Kier molecular flexibility index (Phi) is 4.61. The third-order valence-corrected chi connectivity index (χ3v) is 4.29. The first-order valence-corrected chi connectivity index (χ1v) is 6.20. The molecule has 0 aromatic rings. The Balaban J connectivity index is 3.75. The standard InChI is InChI=1S/C5H13O3PS/c1-4-8-9(6,7)10-5(2)3/h5H,4H2,1-3H3,(H,6,7). The van der Waals surface area contributed by atoms with E-state index in [1.54, 1.807) is 6.92 Å². The van der Waals surface area contributed by atoms with Crippen LogP contribution < -0.4 is 0 Å². The van der Waals surface area contributed by atoms with Gasteiger partial charge in [-0.25, -0.2) is 4.57 Å². The summed E-state index contributed by atoms with van der Waals surface area (Å²) < 4.78 is 15.5. The molecule has 1 N–H and O–H groups in total. The van der Waals surface area contributed by atoms with Gasteiger partial charge in [0.2, 0.25) is 0 Å². The summed E-state index contributed by atoms with van der Waals surface area (Å²) in [5, 5.41) is 0.127. The van der Waals surface area contributed by atoms with Crippen molar-refractivity contribution in [3.8, 4) is 0 Å². The maximum Gasteiger partial charge on any atom is 0.386 e. The first kappa shape index (κ1) is 10.5. The summed E-state index contributed by atoms with van der Waals surface area (Å²) in [7, 11) is 0. The zero-order chi connectivity index (χ0) is 8.20. The molecule has 0 spiro atoms. The molecule has 3 nitrogen and oxygen atoms in total. The van der Waals surface area contributed by atoms with Crippen molar-refractivity contribution in [1.29, 1.82) is 0 Å². The second-order valence-electron chi connectivity index (χ2n) is 2.04. The molecule has 0 saturated carbocycles. The maximum atomic E-state index is 10.9. The van der Waals surface area contributed by atoms with Crippen molar-refractivity contribution in [2.75, 3.05) is 6.61 Å². The summed E-state index contributed by atoms with van der Waals surface area (Å²) in [6, 6.07) is 0. The molecule has 0 aliphatic rings. The van der Waals surface area contributed by atoms with Crippen LogP contribution in [0.3, 0.4) is 0 Å². The molecule has 0 rings (SSSR count). The molecule has 0 fully saturated rings. The highest BCUT2D eigenvalue weighted by molar-refractivity contribution is 8.55. The SMILES string of the molecule is CCOP(=O)(O)SC(C)C. The van der Waals surface area contributed by atoms with Gasteiger partial charge in [0.15, 0.2) is 0 Å². The molecule has 1 atom stereocenters. The summed E-state index contributed by atoms with van der Waals surface area (Å²) in [6.07, 6.45) is 0. The monoisotopic (exact) mass is 184 g/mol. The van der Waals surface area contributed by atoms with Gasteiger partial charge in [0.05, 0.1) is 6.61 Å². The van der Waals surface area contributed by atoms with Crippen LogP contribution in [0, 0.1) is 0 Å². The minimum absolute atomic E-state index is 0.127. The lowest BCUT2D eigenvalue weighted by molar-refractivity contribution is 0.291. The molecular weight excluding hydrogens is 171 g/mol. The molecule has 0 heterocycles. The van der Waals surface area contributed by atoms with E-state index in [4.69, 9.17) is 4.89 Å². The third-order valence-electron chi connectivity index (χ3n) is 0.636. The summed E-state index contributed by atoms with van der Waals surface area (Å²) in [6.45, 7) is 2.36. The molecule has 0 aromatic heterocycles. The van der Waals surface area contributed by atoms with Crippen molar-refractivity contribution in [1.82, 2.24) is 0 Å². The first-order chi connectivity index (χ1) is 4.48. The molecule has 0 bridgehead atoms. The van der Waals surface area contributed by atoms with Crippen LogP contribution in [0.25, 0.3) is 0 Å². The molecule has 1 unspecified atom stereocenters. The fourth-order valence-electron chi connectivity index (χ4n) is 0.460. The van der Waals surface area contributed by atoms with E-state index in [9.17, 15) is 4.57 Å². The second-order valence-corrected chi connectivity index (χ2v) is 6.41. The van der Waals surface area contributed by atoms with Gasteiger partial charge in [-0.2, -0.15) is 0 Å². The Morgan fingerprint density at radius 3 is 2.50 bits per heavy atom. The highest BCUT2D eigenvalue weighted by atomic mass is 32.7. The lowest BCUT2D eigenvalue weighted by Gasteiger charge is -2.10. The molecule has 0 radical (unpaired) electrons. The zero-order valence-electron chi connectivity index (χ0n) is 6.40. The van der Waals surface area contributed by atoms with Crippen molar-refractivity contribution < 1.29 is 14.0 Å². The lowest BCUT2D eigenvalue weighted by atomic mass is 10.6. The van der Waals surface area contributed by atoms with Crippen LogP contribution in [0.1, 0.15) is 20.8 Å². The van der Waals surface area contributed by atoms with Gasteiger partial charge in [-0.05, 0) is 18.3 Å². The Labute approximate surface area is 65.4 Å².